The molecule has 0 bridgehead atoms. The van der Waals surface area contributed by atoms with Gasteiger partial charge in [-0.25, -0.2) is 9.55 Å². The molecular formula is C7H13BrN2. The van der Waals surface area contributed by atoms with Gasteiger partial charge in [-0.05, 0) is 6.42 Å². The average molecular weight is 205 g/mol. The summed E-state index contributed by atoms with van der Waals surface area (Å²) in [5.41, 5.74) is 0. The molecule has 1 aromatic heterocycles. The average Bonchev–Trinajstić information content (AvgIpc) is 2.18. The molecule has 0 unspecified atom stereocenters. The maximum absolute atomic E-state index is 3.17. The number of nitrogens with one attached hydrogen (secondary N) is 1. The summed E-state index contributed by atoms with van der Waals surface area (Å²) in [4.78, 5) is 3.17. The zero-order valence-corrected chi connectivity index (χ0v) is 7.98. The van der Waals surface area contributed by atoms with Crippen molar-refractivity contribution in [3.05, 3.63) is 18.2 Å². The van der Waals surface area contributed by atoms with Crippen molar-refractivity contribution in [1.29, 1.82) is 0 Å². The Morgan fingerprint density at radius 2 is 2.30 bits per heavy atom. The molecule has 1 N–H and O–H groups in total. The van der Waals surface area contributed by atoms with E-state index in [1.807, 2.05) is 12.4 Å². The zero-order valence-electron chi connectivity index (χ0n) is 6.39. The molecule has 0 saturated carbocycles. The van der Waals surface area contributed by atoms with Crippen molar-refractivity contribution in [2.75, 3.05) is 0 Å². The van der Waals surface area contributed by atoms with Gasteiger partial charge in [-0.15, -0.1) is 0 Å². The van der Waals surface area contributed by atoms with Gasteiger partial charge >= 0.3 is 0 Å². The minimum absolute atomic E-state index is 0. The van der Waals surface area contributed by atoms with Crippen LogP contribution in [0, 0.1) is 0 Å². The second kappa shape index (κ2) is 4.50. The zero-order chi connectivity index (χ0) is 6.69. The van der Waals surface area contributed by atoms with Crippen LogP contribution >= 0.6 is 0 Å². The van der Waals surface area contributed by atoms with Gasteiger partial charge in [0, 0.05) is 6.42 Å². The molecule has 2 nitrogen and oxygen atoms in total. The standard InChI is InChI=1S/C7H12N2.BrH/c1-3-4-7-8-5-6-9(7)2;/h5-6H,3-4H2,1-2H3;1H. The first kappa shape index (κ1) is 9.69. The molecule has 1 aromatic rings. The fourth-order valence-electron chi connectivity index (χ4n) is 0.922. The van der Waals surface area contributed by atoms with Gasteiger partial charge in [0.25, 0.3) is 5.82 Å². The summed E-state index contributed by atoms with van der Waals surface area (Å²) in [7, 11) is 2.06. The Morgan fingerprint density at radius 3 is 2.70 bits per heavy atom. The molecule has 0 saturated heterocycles. The van der Waals surface area contributed by atoms with Gasteiger partial charge in [0.05, 0.1) is 7.05 Å². The number of nitrogens with zero attached hydrogens (tertiary/aromatic N) is 1. The summed E-state index contributed by atoms with van der Waals surface area (Å²) in [6, 6.07) is 0. The van der Waals surface area contributed by atoms with Gasteiger partial charge in [0.15, 0.2) is 0 Å². The third kappa shape index (κ3) is 2.14. The van der Waals surface area contributed by atoms with Gasteiger partial charge in [0.2, 0.25) is 0 Å². The number of aromatic nitrogens is 2. The van der Waals surface area contributed by atoms with Crippen molar-refractivity contribution in [2.45, 2.75) is 19.8 Å². The lowest BCUT2D eigenvalue weighted by atomic mass is 10.3. The van der Waals surface area contributed by atoms with E-state index in [0.29, 0.717) is 0 Å². The molecule has 0 aromatic carbocycles. The smallest absolute Gasteiger partial charge is 0.253 e. The SMILES string of the molecule is CCCc1[nH]cc[n+]1C.[Br-]. The fraction of sp³-hybridized carbons (Fsp3) is 0.571. The molecule has 1 heterocycles. The Kier molecular flexibility index (Phi) is 4.36. The highest BCUT2D eigenvalue weighted by Crippen LogP contribution is 1.89. The van der Waals surface area contributed by atoms with Gasteiger partial charge in [-0.2, -0.15) is 0 Å². The molecule has 0 spiro atoms. The third-order valence-electron chi connectivity index (χ3n) is 1.46. The minimum Gasteiger partial charge on any atom is -1.00 e. The van der Waals surface area contributed by atoms with Gasteiger partial charge in [-0.1, -0.05) is 6.92 Å². The highest BCUT2D eigenvalue weighted by atomic mass is 79.9. The van der Waals surface area contributed by atoms with E-state index in [1.165, 1.54) is 12.2 Å². The minimum atomic E-state index is 0. The first-order chi connectivity index (χ1) is 4.34. The fourth-order valence-corrected chi connectivity index (χ4v) is 0.922. The van der Waals surface area contributed by atoms with Gasteiger partial charge < -0.3 is 17.0 Å². The van der Waals surface area contributed by atoms with Gasteiger partial charge in [-0.3, -0.25) is 0 Å². The molecule has 0 aliphatic heterocycles. The predicted octanol–water partition coefficient (Wildman–Crippen LogP) is -2.20. The molecule has 1 rings (SSSR count). The summed E-state index contributed by atoms with van der Waals surface area (Å²) in [6.45, 7) is 2.18. The molecule has 0 radical (unpaired) electrons. The Morgan fingerprint density at radius 1 is 1.60 bits per heavy atom. The lowest BCUT2D eigenvalue weighted by molar-refractivity contribution is -0.677. The summed E-state index contributed by atoms with van der Waals surface area (Å²) in [5.74, 6) is 1.30. The number of aryl methyl sites for hydroxylation is 2. The van der Waals surface area contributed by atoms with Crippen molar-refractivity contribution >= 4 is 0 Å². The summed E-state index contributed by atoms with van der Waals surface area (Å²) in [5, 5.41) is 0. The van der Waals surface area contributed by atoms with Crippen LogP contribution in [0.2, 0.25) is 0 Å². The van der Waals surface area contributed by atoms with Crippen LogP contribution < -0.4 is 21.5 Å². The van der Waals surface area contributed by atoms with E-state index in [0.717, 1.165) is 6.42 Å². The van der Waals surface area contributed by atoms with Crippen LogP contribution in [0.4, 0.5) is 0 Å². The van der Waals surface area contributed by atoms with Crippen LogP contribution in [0.25, 0.3) is 0 Å². The van der Waals surface area contributed by atoms with Crippen molar-refractivity contribution in [1.82, 2.24) is 4.98 Å². The Bertz CT molecular complexity index is 183. The van der Waals surface area contributed by atoms with E-state index in [2.05, 4.69) is 23.5 Å². The molecule has 0 aliphatic carbocycles. The lowest BCUT2D eigenvalue weighted by Gasteiger charge is -1.87. The first-order valence-corrected chi connectivity index (χ1v) is 3.36. The van der Waals surface area contributed by atoms with E-state index < -0.39 is 0 Å². The summed E-state index contributed by atoms with van der Waals surface area (Å²) < 4.78 is 2.11. The maximum Gasteiger partial charge on any atom is 0.253 e. The predicted molar refractivity (Wildman–Crippen MR) is 36.0 cm³/mol. The molecule has 0 fully saturated rings. The molecule has 58 valence electrons. The van der Waals surface area contributed by atoms with E-state index in [-0.39, 0.29) is 17.0 Å². The van der Waals surface area contributed by atoms with Crippen LogP contribution in [0.1, 0.15) is 19.2 Å². The third-order valence-corrected chi connectivity index (χ3v) is 1.46. The van der Waals surface area contributed by atoms with E-state index in [4.69, 9.17) is 0 Å². The van der Waals surface area contributed by atoms with Crippen LogP contribution in [-0.2, 0) is 13.5 Å². The monoisotopic (exact) mass is 204 g/mol. The Labute approximate surface area is 72.0 Å². The summed E-state index contributed by atoms with van der Waals surface area (Å²) >= 11 is 0. The maximum atomic E-state index is 3.17. The van der Waals surface area contributed by atoms with E-state index >= 15 is 0 Å². The van der Waals surface area contributed by atoms with Gasteiger partial charge in [0.1, 0.15) is 12.4 Å². The molecule has 0 aliphatic rings. The van der Waals surface area contributed by atoms with Crippen LogP contribution in [-0.4, -0.2) is 4.98 Å². The molecular weight excluding hydrogens is 192 g/mol. The second-order valence-corrected chi connectivity index (χ2v) is 2.27. The lowest BCUT2D eigenvalue weighted by Crippen LogP contribution is -3.00. The van der Waals surface area contributed by atoms with Crippen molar-refractivity contribution in [3.63, 3.8) is 0 Å². The molecule has 10 heavy (non-hydrogen) atoms. The van der Waals surface area contributed by atoms with Crippen molar-refractivity contribution in [3.8, 4) is 0 Å². The number of imidazole rings is 1. The van der Waals surface area contributed by atoms with E-state index in [1.54, 1.807) is 0 Å². The quantitative estimate of drug-likeness (QED) is 0.528. The summed E-state index contributed by atoms with van der Waals surface area (Å²) in [6.07, 6.45) is 6.34. The number of halogens is 1. The number of hydrogen-bond acceptors (Lipinski definition) is 0. The molecule has 3 heteroatoms. The number of rotatable bonds is 2. The van der Waals surface area contributed by atoms with E-state index in [9.17, 15) is 0 Å². The highest BCUT2D eigenvalue weighted by Gasteiger charge is 2.02. The first-order valence-electron chi connectivity index (χ1n) is 3.36. The van der Waals surface area contributed by atoms with Crippen LogP contribution in [0.5, 0.6) is 0 Å². The highest BCUT2D eigenvalue weighted by molar-refractivity contribution is 4.75. The second-order valence-electron chi connectivity index (χ2n) is 2.27. The van der Waals surface area contributed by atoms with Crippen molar-refractivity contribution in [2.24, 2.45) is 7.05 Å². The Hall–Kier alpha value is -0.310. The van der Waals surface area contributed by atoms with Crippen molar-refractivity contribution < 1.29 is 21.5 Å². The largest absolute Gasteiger partial charge is 1.00 e. The Balaban J connectivity index is 0.000000810. The topological polar surface area (TPSA) is 19.7 Å². The molecule has 0 atom stereocenters. The van der Waals surface area contributed by atoms with Crippen LogP contribution in [0.15, 0.2) is 12.4 Å². The molecule has 0 amide bonds. The number of hydrogen-bond donors (Lipinski definition) is 1. The number of H-pyrrole nitrogens is 1. The number of aromatic amines is 1. The van der Waals surface area contributed by atoms with Crippen LogP contribution in [0.3, 0.4) is 0 Å². The normalized spacial score (nSPS) is 9.00.